The first-order valence-corrected chi connectivity index (χ1v) is 8.37. The molecule has 4 heteroatoms. The van der Waals surface area contributed by atoms with Gasteiger partial charge in [0, 0.05) is 26.1 Å². The van der Waals surface area contributed by atoms with Crippen molar-refractivity contribution in [3.8, 4) is 5.75 Å². The average molecular weight is 326 g/mol. The number of carbonyl (C=O) groups is 1. The lowest BCUT2D eigenvalue weighted by Crippen LogP contribution is -2.30. The highest BCUT2D eigenvalue weighted by molar-refractivity contribution is 5.76. The van der Waals surface area contributed by atoms with Crippen molar-refractivity contribution in [1.29, 1.82) is 0 Å². The molecular weight excluding hydrogens is 300 g/mol. The summed E-state index contributed by atoms with van der Waals surface area (Å²) in [6.07, 6.45) is 0.511. The lowest BCUT2D eigenvalue weighted by molar-refractivity contribution is -0.121. The van der Waals surface area contributed by atoms with Gasteiger partial charge in [-0.05, 0) is 29.8 Å². The van der Waals surface area contributed by atoms with E-state index in [1.165, 1.54) is 5.56 Å². The normalized spacial score (nSPS) is 10.6. The summed E-state index contributed by atoms with van der Waals surface area (Å²) < 4.78 is 5.13. The Labute approximate surface area is 144 Å². The molecule has 0 saturated carbocycles. The van der Waals surface area contributed by atoms with Crippen LogP contribution in [0.5, 0.6) is 5.75 Å². The lowest BCUT2D eigenvalue weighted by atomic mass is 10.2. The molecule has 0 radical (unpaired) electrons. The third kappa shape index (κ3) is 6.05. The van der Waals surface area contributed by atoms with E-state index in [-0.39, 0.29) is 5.91 Å². The minimum Gasteiger partial charge on any atom is -0.497 e. The highest BCUT2D eigenvalue weighted by Crippen LogP contribution is 2.11. The SMILES string of the molecule is CCN(CCC(=O)NCc1ccc(OC)cc1)Cc1ccccc1. The van der Waals surface area contributed by atoms with Crippen LogP contribution in [0.4, 0.5) is 0 Å². The van der Waals surface area contributed by atoms with Crippen molar-refractivity contribution in [2.75, 3.05) is 20.2 Å². The molecule has 0 fully saturated rings. The van der Waals surface area contributed by atoms with E-state index in [0.29, 0.717) is 13.0 Å². The minimum atomic E-state index is 0.0809. The largest absolute Gasteiger partial charge is 0.497 e. The summed E-state index contributed by atoms with van der Waals surface area (Å²) in [6, 6.07) is 18.1. The zero-order chi connectivity index (χ0) is 17.2. The third-order valence-corrected chi connectivity index (χ3v) is 4.00. The fourth-order valence-electron chi connectivity index (χ4n) is 2.48. The van der Waals surface area contributed by atoms with Gasteiger partial charge in [0.2, 0.25) is 5.91 Å². The van der Waals surface area contributed by atoms with Gasteiger partial charge in [-0.25, -0.2) is 0 Å². The fourth-order valence-corrected chi connectivity index (χ4v) is 2.48. The second-order valence-electron chi connectivity index (χ2n) is 5.73. The van der Waals surface area contributed by atoms with Gasteiger partial charge in [0.1, 0.15) is 5.75 Å². The van der Waals surface area contributed by atoms with Gasteiger partial charge in [-0.15, -0.1) is 0 Å². The predicted molar refractivity (Wildman–Crippen MR) is 96.9 cm³/mol. The van der Waals surface area contributed by atoms with Crippen LogP contribution in [0.3, 0.4) is 0 Å². The van der Waals surface area contributed by atoms with E-state index in [9.17, 15) is 4.79 Å². The van der Waals surface area contributed by atoms with Crippen LogP contribution in [-0.4, -0.2) is 31.0 Å². The van der Waals surface area contributed by atoms with Crippen molar-refractivity contribution in [2.24, 2.45) is 0 Å². The Bertz CT molecular complexity index is 611. The molecule has 0 unspecified atom stereocenters. The van der Waals surface area contributed by atoms with Gasteiger partial charge in [-0.2, -0.15) is 0 Å². The fraction of sp³-hybridized carbons (Fsp3) is 0.350. The summed E-state index contributed by atoms with van der Waals surface area (Å²) in [6.45, 7) is 5.25. The van der Waals surface area contributed by atoms with Crippen LogP contribution in [0, 0.1) is 0 Å². The Balaban J connectivity index is 1.72. The van der Waals surface area contributed by atoms with E-state index in [0.717, 1.165) is 30.9 Å². The molecule has 4 nitrogen and oxygen atoms in total. The molecule has 0 atom stereocenters. The molecule has 0 spiro atoms. The molecule has 2 aromatic carbocycles. The van der Waals surface area contributed by atoms with E-state index < -0.39 is 0 Å². The van der Waals surface area contributed by atoms with Crippen LogP contribution >= 0.6 is 0 Å². The molecule has 0 heterocycles. The molecule has 2 aromatic rings. The highest BCUT2D eigenvalue weighted by Gasteiger charge is 2.07. The number of nitrogens with zero attached hydrogens (tertiary/aromatic N) is 1. The first-order valence-electron chi connectivity index (χ1n) is 8.37. The molecule has 0 aliphatic heterocycles. The van der Waals surface area contributed by atoms with Crippen LogP contribution < -0.4 is 10.1 Å². The molecule has 0 aromatic heterocycles. The molecule has 0 bridgehead atoms. The number of benzene rings is 2. The molecule has 0 saturated heterocycles. The van der Waals surface area contributed by atoms with Crippen molar-refractivity contribution >= 4 is 5.91 Å². The molecule has 0 aliphatic carbocycles. The third-order valence-electron chi connectivity index (χ3n) is 4.00. The van der Waals surface area contributed by atoms with E-state index in [4.69, 9.17) is 4.74 Å². The summed E-state index contributed by atoms with van der Waals surface area (Å²) in [5, 5.41) is 2.97. The first-order chi connectivity index (χ1) is 11.7. The van der Waals surface area contributed by atoms with E-state index in [1.807, 2.05) is 42.5 Å². The van der Waals surface area contributed by atoms with E-state index >= 15 is 0 Å². The minimum absolute atomic E-state index is 0.0809. The standard InChI is InChI=1S/C20H26N2O2/c1-3-22(16-18-7-5-4-6-8-18)14-13-20(23)21-15-17-9-11-19(24-2)12-10-17/h4-12H,3,13-16H2,1-2H3,(H,21,23). The van der Waals surface area contributed by atoms with Gasteiger partial charge in [-0.1, -0.05) is 49.4 Å². The van der Waals surface area contributed by atoms with Crippen LogP contribution in [-0.2, 0) is 17.9 Å². The monoisotopic (exact) mass is 326 g/mol. The number of carbonyl (C=O) groups excluding carboxylic acids is 1. The Morgan fingerprint density at radius 2 is 1.75 bits per heavy atom. The number of hydrogen-bond donors (Lipinski definition) is 1. The maximum absolute atomic E-state index is 12.0. The summed E-state index contributed by atoms with van der Waals surface area (Å²) >= 11 is 0. The zero-order valence-corrected chi connectivity index (χ0v) is 14.5. The number of methoxy groups -OCH3 is 1. The van der Waals surface area contributed by atoms with Crippen molar-refractivity contribution in [1.82, 2.24) is 10.2 Å². The molecule has 0 aliphatic rings. The molecule has 24 heavy (non-hydrogen) atoms. The van der Waals surface area contributed by atoms with Crippen LogP contribution in [0.15, 0.2) is 54.6 Å². The van der Waals surface area contributed by atoms with Crippen LogP contribution in [0.25, 0.3) is 0 Å². The maximum atomic E-state index is 12.0. The van der Waals surface area contributed by atoms with Crippen molar-refractivity contribution < 1.29 is 9.53 Å². The average Bonchev–Trinajstić information content (AvgIpc) is 2.64. The Morgan fingerprint density at radius 1 is 1.04 bits per heavy atom. The van der Waals surface area contributed by atoms with Gasteiger partial charge in [0.25, 0.3) is 0 Å². The van der Waals surface area contributed by atoms with Crippen molar-refractivity contribution in [2.45, 2.75) is 26.4 Å². The summed E-state index contributed by atoms with van der Waals surface area (Å²) in [4.78, 5) is 14.3. The van der Waals surface area contributed by atoms with E-state index in [1.54, 1.807) is 7.11 Å². The Kier molecular flexibility index (Phi) is 7.30. The smallest absolute Gasteiger partial charge is 0.221 e. The summed E-state index contributed by atoms with van der Waals surface area (Å²) in [5.41, 5.74) is 2.35. The predicted octanol–water partition coefficient (Wildman–Crippen LogP) is 3.22. The molecule has 1 amide bonds. The summed E-state index contributed by atoms with van der Waals surface area (Å²) in [7, 11) is 1.64. The van der Waals surface area contributed by atoms with Crippen molar-refractivity contribution in [3.63, 3.8) is 0 Å². The van der Waals surface area contributed by atoms with Gasteiger partial charge in [-0.3, -0.25) is 9.69 Å². The molecule has 2 rings (SSSR count). The maximum Gasteiger partial charge on any atom is 0.221 e. The van der Waals surface area contributed by atoms with Gasteiger partial charge in [0.15, 0.2) is 0 Å². The number of hydrogen-bond acceptors (Lipinski definition) is 3. The van der Waals surface area contributed by atoms with Gasteiger partial charge >= 0.3 is 0 Å². The number of ether oxygens (including phenoxy) is 1. The Hall–Kier alpha value is -2.33. The van der Waals surface area contributed by atoms with Gasteiger partial charge in [0.05, 0.1) is 7.11 Å². The number of nitrogens with one attached hydrogen (secondary N) is 1. The van der Waals surface area contributed by atoms with Gasteiger partial charge < -0.3 is 10.1 Å². The summed E-state index contributed by atoms with van der Waals surface area (Å²) in [5.74, 6) is 0.905. The molecular formula is C20H26N2O2. The molecule has 128 valence electrons. The lowest BCUT2D eigenvalue weighted by Gasteiger charge is -2.20. The van der Waals surface area contributed by atoms with E-state index in [2.05, 4.69) is 29.3 Å². The zero-order valence-electron chi connectivity index (χ0n) is 14.5. The Morgan fingerprint density at radius 3 is 2.38 bits per heavy atom. The number of rotatable bonds is 9. The number of amides is 1. The quantitative estimate of drug-likeness (QED) is 0.769. The molecule has 1 N–H and O–H groups in total. The van der Waals surface area contributed by atoms with Crippen LogP contribution in [0.1, 0.15) is 24.5 Å². The topological polar surface area (TPSA) is 41.6 Å². The first kappa shape index (κ1) is 18.0. The van der Waals surface area contributed by atoms with Crippen molar-refractivity contribution in [3.05, 3.63) is 65.7 Å². The second-order valence-corrected chi connectivity index (χ2v) is 5.73. The highest BCUT2D eigenvalue weighted by atomic mass is 16.5. The van der Waals surface area contributed by atoms with Crippen LogP contribution in [0.2, 0.25) is 0 Å². The second kappa shape index (κ2) is 9.73.